The van der Waals surface area contributed by atoms with Crippen molar-refractivity contribution in [1.29, 1.82) is 0 Å². The van der Waals surface area contributed by atoms with Gasteiger partial charge in [0.1, 0.15) is 36.1 Å². The number of benzene rings is 3. The summed E-state index contributed by atoms with van der Waals surface area (Å²) < 4.78 is 21.7. The molecule has 1 unspecified atom stereocenters. The predicted molar refractivity (Wildman–Crippen MR) is 243 cm³/mol. The van der Waals surface area contributed by atoms with E-state index in [9.17, 15) is 19.2 Å². The summed E-state index contributed by atoms with van der Waals surface area (Å²) in [6.45, 7) is 14.1. The minimum atomic E-state index is -0.750. The average Bonchev–Trinajstić information content (AvgIpc) is 4.07. The highest BCUT2D eigenvalue weighted by Crippen LogP contribution is 2.43. The smallest absolute Gasteiger partial charge is 0.407 e. The van der Waals surface area contributed by atoms with E-state index in [-0.39, 0.29) is 48.1 Å². The van der Waals surface area contributed by atoms with Gasteiger partial charge in [0.25, 0.3) is 0 Å². The minimum Gasteiger partial charge on any atom is -0.488 e. The zero-order valence-electron chi connectivity index (χ0n) is 38.4. The highest BCUT2D eigenvalue weighted by atomic mass is 16.5. The maximum absolute atomic E-state index is 14.2. The number of ether oxygens (including phenoxy) is 4. The molecule has 1 saturated heterocycles. The van der Waals surface area contributed by atoms with Crippen LogP contribution in [0.15, 0.2) is 48.7 Å². The molecular formula is C48H62N8O8. The topological polar surface area (TPSA) is 193 Å². The lowest BCUT2D eigenvalue weighted by molar-refractivity contribution is -0.136. The van der Waals surface area contributed by atoms with E-state index in [0.717, 1.165) is 55.5 Å². The van der Waals surface area contributed by atoms with Gasteiger partial charge in [0.05, 0.1) is 56.3 Å². The first-order valence-electron chi connectivity index (χ1n) is 22.3. The van der Waals surface area contributed by atoms with Gasteiger partial charge in [-0.25, -0.2) is 19.6 Å². The van der Waals surface area contributed by atoms with Crippen LogP contribution in [0.1, 0.15) is 84.1 Å². The molecule has 4 heterocycles. The zero-order valence-corrected chi connectivity index (χ0v) is 38.4. The number of hydrogen-bond acceptors (Lipinski definition) is 10. The number of aromatic nitrogens is 4. The Kier molecular flexibility index (Phi) is 14.1. The van der Waals surface area contributed by atoms with Crippen molar-refractivity contribution in [3.8, 4) is 28.1 Å². The van der Waals surface area contributed by atoms with Gasteiger partial charge in [0.2, 0.25) is 11.8 Å². The van der Waals surface area contributed by atoms with Crippen LogP contribution in [0.5, 0.6) is 5.75 Å². The van der Waals surface area contributed by atoms with E-state index in [1.807, 2.05) is 38.7 Å². The number of alkyl carbamates (subject to hydrolysis) is 2. The maximum atomic E-state index is 14.2. The second-order valence-corrected chi connectivity index (χ2v) is 17.7. The highest BCUT2D eigenvalue weighted by Gasteiger charge is 2.42. The summed E-state index contributed by atoms with van der Waals surface area (Å²) >= 11 is 0. The van der Waals surface area contributed by atoms with Crippen LogP contribution in [0.4, 0.5) is 9.59 Å². The summed E-state index contributed by atoms with van der Waals surface area (Å²) in [5.41, 5.74) is 6.46. The number of H-pyrrole nitrogens is 2. The van der Waals surface area contributed by atoms with E-state index < -0.39 is 24.3 Å². The molecular weight excluding hydrogens is 817 g/mol. The molecule has 7 rings (SSSR count). The van der Waals surface area contributed by atoms with E-state index in [0.29, 0.717) is 57.2 Å². The van der Waals surface area contributed by atoms with Crippen LogP contribution in [0.2, 0.25) is 0 Å². The Morgan fingerprint density at radius 1 is 0.906 bits per heavy atom. The van der Waals surface area contributed by atoms with Gasteiger partial charge in [-0.3, -0.25) is 9.59 Å². The first-order chi connectivity index (χ1) is 30.8. The van der Waals surface area contributed by atoms with Crippen LogP contribution in [-0.2, 0) is 37.0 Å². The van der Waals surface area contributed by atoms with Crippen molar-refractivity contribution in [3.63, 3.8) is 0 Å². The van der Waals surface area contributed by atoms with Crippen molar-refractivity contribution in [1.82, 2.24) is 40.4 Å². The van der Waals surface area contributed by atoms with Gasteiger partial charge >= 0.3 is 12.2 Å². The molecule has 2 aliphatic rings. The van der Waals surface area contributed by atoms with E-state index >= 15 is 0 Å². The molecule has 5 aromatic rings. The third-order valence-corrected chi connectivity index (χ3v) is 12.8. The van der Waals surface area contributed by atoms with Crippen molar-refractivity contribution in [2.24, 2.45) is 23.7 Å². The van der Waals surface area contributed by atoms with Crippen LogP contribution in [0, 0.1) is 23.7 Å². The molecule has 0 bridgehead atoms. The Morgan fingerprint density at radius 3 is 2.31 bits per heavy atom. The molecule has 4 N–H and O–H groups in total. The molecule has 16 nitrogen and oxygen atoms in total. The largest absolute Gasteiger partial charge is 0.488 e. The van der Waals surface area contributed by atoms with Crippen molar-refractivity contribution in [3.05, 3.63) is 65.9 Å². The molecule has 1 fully saturated rings. The molecule has 6 atom stereocenters. The number of imidazole rings is 2. The van der Waals surface area contributed by atoms with Gasteiger partial charge in [0, 0.05) is 37.1 Å². The molecule has 2 aliphatic heterocycles. The number of hydrogen-bond donors (Lipinski definition) is 4. The third-order valence-electron chi connectivity index (χ3n) is 12.8. The fourth-order valence-electron chi connectivity index (χ4n) is 8.98. The monoisotopic (exact) mass is 878 g/mol. The fraction of sp³-hybridized carbons (Fsp3) is 0.500. The summed E-state index contributed by atoms with van der Waals surface area (Å²) in [5, 5.41) is 7.49. The standard InChI is InChI=1S/C48H62N8O8/c1-10-27(5)41(53-47(59)62-8)45(57)55(21-26(3)4)23-40-49-20-37(50-40)31-12-14-33-32(17-31)25-64-39-19-34-30(18-35(33)39)13-15-36-43(34)52-44(51-36)38-16-29(24-61-7)22-56(38)46(58)42(28(6)11-2)54-48(60)63-9/h12-15,17-20,26-29,38,41-42H,10-11,16,21-25H2,1-9H3,(H,49,50)(H,51,52)(H,53,59)(H,54,60)/t27-,28-,29-,38-,41-,42?/m0/s1. The number of fused-ring (bicyclic) bond motifs is 6. The predicted octanol–water partition coefficient (Wildman–Crippen LogP) is 7.73. The lowest BCUT2D eigenvalue weighted by Gasteiger charge is -2.31. The molecule has 16 heteroatoms. The first kappa shape index (κ1) is 45.9. The highest BCUT2D eigenvalue weighted by molar-refractivity contribution is 6.07. The first-order valence-corrected chi connectivity index (χ1v) is 22.3. The van der Waals surface area contributed by atoms with Crippen LogP contribution in [0.25, 0.3) is 44.2 Å². The molecule has 0 spiro atoms. The van der Waals surface area contributed by atoms with E-state index in [1.54, 1.807) is 18.2 Å². The summed E-state index contributed by atoms with van der Waals surface area (Å²) in [6, 6.07) is 12.7. The van der Waals surface area contributed by atoms with Crippen LogP contribution in [0.3, 0.4) is 0 Å². The Labute approximate surface area is 374 Å². The Morgan fingerprint density at radius 2 is 1.62 bits per heavy atom. The zero-order chi connectivity index (χ0) is 45.8. The lowest BCUT2D eigenvalue weighted by atomic mass is 9.92. The summed E-state index contributed by atoms with van der Waals surface area (Å²) in [5.74, 6) is 1.80. The number of amides is 4. The lowest BCUT2D eigenvalue weighted by Crippen LogP contribution is -2.52. The molecule has 342 valence electrons. The molecule has 4 amide bonds. The summed E-state index contributed by atoms with van der Waals surface area (Å²) in [6.07, 6.45) is 2.57. The van der Waals surface area contributed by atoms with Gasteiger partial charge < -0.3 is 49.3 Å². The van der Waals surface area contributed by atoms with Gasteiger partial charge in [-0.1, -0.05) is 72.6 Å². The van der Waals surface area contributed by atoms with Crippen molar-refractivity contribution in [2.75, 3.05) is 41.0 Å². The van der Waals surface area contributed by atoms with Crippen LogP contribution < -0.4 is 15.4 Å². The number of nitrogens with one attached hydrogen (secondary N) is 4. The van der Waals surface area contributed by atoms with Crippen LogP contribution >= 0.6 is 0 Å². The number of carbonyl (C=O) groups is 4. The minimum absolute atomic E-state index is 0.0947. The quantitative estimate of drug-likeness (QED) is 0.0763. The molecule has 2 aromatic heterocycles. The summed E-state index contributed by atoms with van der Waals surface area (Å²) in [4.78, 5) is 72.9. The molecule has 0 aliphatic carbocycles. The van der Waals surface area contributed by atoms with Gasteiger partial charge in [0.15, 0.2) is 0 Å². The van der Waals surface area contributed by atoms with Gasteiger partial charge in [-0.15, -0.1) is 0 Å². The SMILES string of the molecule is CC[C@H](C)C(NC(=O)OC)C(=O)N1C[C@@H](COC)C[C@H]1c1nc2ccc3cc4c(cc3c2[nH]1)OCc1cc(-c2cnc(CN(CC(C)C)C(=O)[C@@H](NC(=O)OC)[C@@H](C)CC)[nH]2)ccc1-4. The second kappa shape index (κ2) is 19.7. The van der Waals surface area contributed by atoms with Gasteiger partial charge in [-0.05, 0) is 70.5 Å². The molecule has 0 radical (unpaired) electrons. The maximum Gasteiger partial charge on any atom is 0.407 e. The third kappa shape index (κ3) is 9.52. The number of methoxy groups -OCH3 is 3. The number of aromatic amines is 2. The Hall–Kier alpha value is -6.16. The van der Waals surface area contributed by atoms with Gasteiger partial charge in [-0.2, -0.15) is 0 Å². The van der Waals surface area contributed by atoms with E-state index in [2.05, 4.69) is 75.8 Å². The van der Waals surface area contributed by atoms with Crippen LogP contribution in [-0.4, -0.2) is 107 Å². The van der Waals surface area contributed by atoms with Crippen molar-refractivity contribution >= 4 is 45.8 Å². The van der Waals surface area contributed by atoms with E-state index in [4.69, 9.17) is 23.9 Å². The second-order valence-electron chi connectivity index (χ2n) is 17.7. The van der Waals surface area contributed by atoms with E-state index in [1.165, 1.54) is 14.2 Å². The molecule has 64 heavy (non-hydrogen) atoms. The Balaban J connectivity index is 1.14. The number of carbonyl (C=O) groups excluding carboxylic acids is 4. The normalized spacial score (nSPS) is 17.6. The number of rotatable bonds is 16. The Bertz CT molecular complexity index is 2500. The molecule has 3 aromatic carbocycles. The summed E-state index contributed by atoms with van der Waals surface area (Å²) in [7, 11) is 4.25. The number of likely N-dealkylation sites (tertiary alicyclic amines) is 1. The average molecular weight is 879 g/mol. The van der Waals surface area contributed by atoms with Crippen molar-refractivity contribution < 1.29 is 38.1 Å². The van der Waals surface area contributed by atoms with Crippen molar-refractivity contribution in [2.45, 2.75) is 92.1 Å². The fourth-order valence-corrected chi connectivity index (χ4v) is 8.98. The molecule has 0 saturated carbocycles. The number of nitrogens with zero attached hydrogens (tertiary/aromatic N) is 4.